The predicted octanol–water partition coefficient (Wildman–Crippen LogP) is 3.11. The Labute approximate surface area is 142 Å². The molecule has 0 aromatic heterocycles. The van der Waals surface area contributed by atoms with E-state index in [0.717, 1.165) is 5.56 Å². The van der Waals surface area contributed by atoms with Gasteiger partial charge in [0.1, 0.15) is 12.2 Å². The van der Waals surface area contributed by atoms with Crippen LogP contribution in [0.25, 0.3) is 0 Å². The second kappa shape index (κ2) is 7.91. The van der Waals surface area contributed by atoms with Crippen molar-refractivity contribution in [3.8, 4) is 0 Å². The number of benzene rings is 1. The monoisotopic (exact) mass is 356 g/mol. The average Bonchev–Trinajstić information content (AvgIpc) is 2.87. The van der Waals surface area contributed by atoms with Gasteiger partial charge in [0.15, 0.2) is 5.79 Å². The van der Waals surface area contributed by atoms with E-state index in [-0.39, 0.29) is 6.16 Å². The summed E-state index contributed by atoms with van der Waals surface area (Å²) in [5.74, 6) is -0.815. The molecule has 0 bridgehead atoms. The summed E-state index contributed by atoms with van der Waals surface area (Å²) in [5, 5.41) is 0. The fourth-order valence-corrected chi connectivity index (χ4v) is 3.53. The maximum Gasteiger partial charge on any atom is 0.330 e. The highest BCUT2D eigenvalue weighted by atomic mass is 31.2. The Hall–Kier alpha value is -1.01. The second-order valence-electron chi connectivity index (χ2n) is 6.14. The van der Waals surface area contributed by atoms with Crippen molar-refractivity contribution in [1.29, 1.82) is 0 Å². The third-order valence-electron chi connectivity index (χ3n) is 3.77. The van der Waals surface area contributed by atoms with Crippen LogP contribution in [0.3, 0.4) is 0 Å². The van der Waals surface area contributed by atoms with Gasteiger partial charge >= 0.3 is 7.60 Å². The smallest absolute Gasteiger partial charge is 0.330 e. The lowest BCUT2D eigenvalue weighted by atomic mass is 10.1. The Morgan fingerprint density at radius 1 is 1.38 bits per heavy atom. The molecule has 4 atom stereocenters. The normalized spacial score (nSPS) is 26.7. The Balaban J connectivity index is 2.16. The Morgan fingerprint density at radius 3 is 2.62 bits per heavy atom. The number of hydrogen-bond donors (Lipinski definition) is 1. The molecule has 1 aliphatic heterocycles. The molecule has 0 amide bonds. The third-order valence-corrected chi connectivity index (χ3v) is 5.16. The van der Waals surface area contributed by atoms with Gasteiger partial charge in [0, 0.05) is 7.11 Å². The fraction of sp³-hybridized carbons (Fsp3) is 0.529. The zero-order valence-corrected chi connectivity index (χ0v) is 15.1. The largest absolute Gasteiger partial charge is 0.370 e. The van der Waals surface area contributed by atoms with E-state index < -0.39 is 31.7 Å². The van der Waals surface area contributed by atoms with E-state index in [1.165, 1.54) is 7.11 Å². The average molecular weight is 356 g/mol. The number of ether oxygens (including phenoxy) is 3. The van der Waals surface area contributed by atoms with E-state index in [4.69, 9.17) is 18.7 Å². The van der Waals surface area contributed by atoms with Gasteiger partial charge in [-0.05, 0) is 19.4 Å². The molecule has 1 aromatic rings. The minimum Gasteiger partial charge on any atom is -0.370 e. The summed E-state index contributed by atoms with van der Waals surface area (Å²) in [6, 6.07) is 9.58. The highest BCUT2D eigenvalue weighted by Crippen LogP contribution is 2.44. The van der Waals surface area contributed by atoms with E-state index in [0.29, 0.717) is 6.61 Å². The van der Waals surface area contributed by atoms with Crippen molar-refractivity contribution in [2.24, 2.45) is 0 Å². The molecule has 0 spiro atoms. The van der Waals surface area contributed by atoms with Crippen molar-refractivity contribution >= 4 is 7.60 Å². The highest BCUT2D eigenvalue weighted by Gasteiger charge is 2.46. The molecule has 1 heterocycles. The molecule has 134 valence electrons. The van der Waals surface area contributed by atoms with Gasteiger partial charge in [-0.2, -0.15) is 0 Å². The Bertz CT molecular complexity index is 588. The summed E-state index contributed by atoms with van der Waals surface area (Å²) in [7, 11) is -2.57. The van der Waals surface area contributed by atoms with Crippen molar-refractivity contribution in [3.05, 3.63) is 48.6 Å². The first-order valence-electron chi connectivity index (χ1n) is 7.77. The quantitative estimate of drug-likeness (QED) is 0.570. The van der Waals surface area contributed by atoms with Crippen molar-refractivity contribution in [2.45, 2.75) is 44.6 Å². The number of rotatable bonds is 8. The first-order chi connectivity index (χ1) is 11.3. The zero-order valence-electron chi connectivity index (χ0n) is 14.3. The molecule has 7 heteroatoms. The lowest BCUT2D eigenvalue weighted by Crippen LogP contribution is -2.39. The summed E-state index contributed by atoms with van der Waals surface area (Å²) in [5.41, 5.74) is 0.959. The van der Waals surface area contributed by atoms with Crippen molar-refractivity contribution in [1.82, 2.24) is 0 Å². The minimum atomic E-state index is -3.78. The molecule has 24 heavy (non-hydrogen) atoms. The molecular weight excluding hydrogens is 331 g/mol. The van der Waals surface area contributed by atoms with Gasteiger partial charge in [-0.1, -0.05) is 36.4 Å². The van der Waals surface area contributed by atoms with Crippen LogP contribution in [-0.2, 0) is 29.9 Å². The topological polar surface area (TPSA) is 74.2 Å². The second-order valence-corrected chi connectivity index (χ2v) is 8.14. The van der Waals surface area contributed by atoms with Crippen molar-refractivity contribution in [2.75, 3.05) is 13.3 Å². The summed E-state index contributed by atoms with van der Waals surface area (Å²) < 4.78 is 34.3. The molecule has 2 unspecified atom stereocenters. The molecule has 1 aliphatic rings. The summed E-state index contributed by atoms with van der Waals surface area (Å²) >= 11 is 0. The maximum absolute atomic E-state index is 12.0. The van der Waals surface area contributed by atoms with Crippen LogP contribution >= 0.6 is 7.60 Å². The van der Waals surface area contributed by atoms with Crippen LogP contribution < -0.4 is 0 Å². The zero-order chi connectivity index (χ0) is 17.8. The van der Waals surface area contributed by atoms with Crippen LogP contribution in [-0.4, -0.2) is 42.3 Å². The van der Waals surface area contributed by atoms with Gasteiger partial charge in [0.05, 0.1) is 18.9 Å². The summed E-state index contributed by atoms with van der Waals surface area (Å²) in [4.78, 5) is 9.87. The molecule has 2 rings (SSSR count). The summed E-state index contributed by atoms with van der Waals surface area (Å²) in [6.07, 6.45) is -0.224. The summed E-state index contributed by atoms with van der Waals surface area (Å²) in [6.45, 7) is 7.61. The standard InChI is InChI=1S/C17H25O6P/c1-5-14-16(23-17(2,3)22-14)15(12-24(18,19)20-4)21-11-13-9-7-6-8-10-13/h5-10,14-16H,1,11-12H2,2-4H3,(H,18,19)/t14-,15?,16+/m0/s1. The Morgan fingerprint density at radius 2 is 2.04 bits per heavy atom. The molecule has 1 saturated heterocycles. The number of hydrogen-bond acceptors (Lipinski definition) is 5. The van der Waals surface area contributed by atoms with E-state index in [1.807, 2.05) is 30.3 Å². The molecule has 0 saturated carbocycles. The molecule has 0 aliphatic carbocycles. The van der Waals surface area contributed by atoms with Crippen LogP contribution in [0.2, 0.25) is 0 Å². The van der Waals surface area contributed by atoms with E-state index in [9.17, 15) is 9.46 Å². The van der Waals surface area contributed by atoms with Gasteiger partial charge in [0.2, 0.25) is 0 Å². The molecular formula is C17H25O6P. The van der Waals surface area contributed by atoms with Gasteiger partial charge in [-0.15, -0.1) is 6.58 Å². The van der Waals surface area contributed by atoms with Crippen molar-refractivity contribution in [3.63, 3.8) is 0 Å². The minimum absolute atomic E-state index is 0.190. The SMILES string of the molecule is C=C[C@@H]1OC(C)(C)O[C@H]1C(CP(=O)(O)OC)OCc1ccccc1. The van der Waals surface area contributed by atoms with E-state index in [1.54, 1.807) is 19.9 Å². The van der Waals surface area contributed by atoms with Crippen LogP contribution in [0.4, 0.5) is 0 Å². The lowest BCUT2D eigenvalue weighted by Gasteiger charge is -2.27. The predicted molar refractivity (Wildman–Crippen MR) is 90.7 cm³/mol. The molecule has 6 nitrogen and oxygen atoms in total. The fourth-order valence-electron chi connectivity index (χ4n) is 2.62. The van der Waals surface area contributed by atoms with Crippen LogP contribution in [0.15, 0.2) is 43.0 Å². The molecule has 0 radical (unpaired) electrons. The van der Waals surface area contributed by atoms with Crippen LogP contribution in [0.1, 0.15) is 19.4 Å². The Kier molecular flexibility index (Phi) is 6.37. The van der Waals surface area contributed by atoms with Gasteiger partial charge < -0.3 is 23.6 Å². The van der Waals surface area contributed by atoms with Gasteiger partial charge in [-0.3, -0.25) is 4.57 Å². The molecule has 1 fully saturated rings. The van der Waals surface area contributed by atoms with Gasteiger partial charge in [0.25, 0.3) is 0 Å². The van der Waals surface area contributed by atoms with Crippen molar-refractivity contribution < 1.29 is 28.2 Å². The maximum atomic E-state index is 12.0. The van der Waals surface area contributed by atoms with Crippen LogP contribution in [0, 0.1) is 0 Å². The highest BCUT2D eigenvalue weighted by molar-refractivity contribution is 7.52. The van der Waals surface area contributed by atoms with Crippen LogP contribution in [0.5, 0.6) is 0 Å². The molecule has 1 aromatic carbocycles. The first kappa shape index (κ1) is 19.3. The lowest BCUT2D eigenvalue weighted by molar-refractivity contribution is -0.157. The van der Waals surface area contributed by atoms with E-state index in [2.05, 4.69) is 6.58 Å². The van der Waals surface area contributed by atoms with E-state index >= 15 is 0 Å². The van der Waals surface area contributed by atoms with Gasteiger partial charge in [-0.25, -0.2) is 0 Å². The first-order valence-corrected chi connectivity index (χ1v) is 9.54. The third kappa shape index (κ3) is 5.24. The molecule has 1 N–H and O–H groups in total.